The first-order valence-corrected chi connectivity index (χ1v) is 8.08. The Bertz CT molecular complexity index is 754. The zero-order valence-corrected chi connectivity index (χ0v) is 12.9. The van der Waals surface area contributed by atoms with Crippen molar-refractivity contribution >= 4 is 5.91 Å². The zero-order chi connectivity index (χ0) is 15.6. The molecule has 118 valence electrons. The van der Waals surface area contributed by atoms with Crippen LogP contribution >= 0.6 is 0 Å². The van der Waals surface area contributed by atoms with Gasteiger partial charge in [0, 0.05) is 12.1 Å². The lowest BCUT2D eigenvalue weighted by Crippen LogP contribution is -2.23. The molecule has 0 fully saturated rings. The Morgan fingerprint density at radius 2 is 1.78 bits per heavy atom. The summed E-state index contributed by atoms with van der Waals surface area (Å²) in [6, 6.07) is 11.8. The fourth-order valence-electron chi connectivity index (χ4n) is 3.21. The van der Waals surface area contributed by atoms with Crippen LogP contribution in [0.15, 0.2) is 36.4 Å². The number of carbonyl (C=O) groups excluding carboxylic acids is 1. The molecule has 2 aliphatic rings. The van der Waals surface area contributed by atoms with Gasteiger partial charge in [0.05, 0.1) is 0 Å². The molecule has 0 unspecified atom stereocenters. The van der Waals surface area contributed by atoms with Gasteiger partial charge in [-0.1, -0.05) is 12.1 Å². The van der Waals surface area contributed by atoms with Crippen LogP contribution in [0.5, 0.6) is 11.5 Å². The lowest BCUT2D eigenvalue weighted by molar-refractivity contribution is 0.0950. The van der Waals surface area contributed by atoms with Crippen LogP contribution in [0.4, 0.5) is 0 Å². The van der Waals surface area contributed by atoms with Crippen molar-refractivity contribution < 1.29 is 14.3 Å². The summed E-state index contributed by atoms with van der Waals surface area (Å²) in [5.41, 5.74) is 4.46. The van der Waals surface area contributed by atoms with Gasteiger partial charge in [0.2, 0.25) is 6.79 Å². The molecule has 0 atom stereocenters. The molecule has 0 spiro atoms. The average molecular weight is 309 g/mol. The summed E-state index contributed by atoms with van der Waals surface area (Å²) in [6.07, 6.45) is 4.69. The fourth-order valence-corrected chi connectivity index (χ4v) is 3.21. The molecule has 4 heteroatoms. The van der Waals surface area contributed by atoms with E-state index in [9.17, 15) is 4.79 Å². The summed E-state index contributed by atoms with van der Waals surface area (Å²) in [5, 5.41) is 2.98. The number of hydrogen-bond donors (Lipinski definition) is 1. The fraction of sp³-hybridized carbons (Fsp3) is 0.316. The van der Waals surface area contributed by atoms with Gasteiger partial charge in [0.15, 0.2) is 11.5 Å². The Kier molecular flexibility index (Phi) is 3.66. The molecule has 4 rings (SSSR count). The molecule has 1 heterocycles. The summed E-state index contributed by atoms with van der Waals surface area (Å²) in [7, 11) is 0. The topological polar surface area (TPSA) is 47.6 Å². The maximum Gasteiger partial charge on any atom is 0.251 e. The van der Waals surface area contributed by atoms with Gasteiger partial charge in [0.1, 0.15) is 0 Å². The zero-order valence-electron chi connectivity index (χ0n) is 12.9. The molecular formula is C19H19NO3. The van der Waals surface area contributed by atoms with E-state index in [1.807, 2.05) is 30.3 Å². The second kappa shape index (κ2) is 5.95. The van der Waals surface area contributed by atoms with Gasteiger partial charge in [-0.25, -0.2) is 0 Å². The summed E-state index contributed by atoms with van der Waals surface area (Å²) >= 11 is 0. The molecule has 2 aromatic rings. The molecule has 4 nitrogen and oxygen atoms in total. The Morgan fingerprint density at radius 1 is 0.957 bits per heavy atom. The van der Waals surface area contributed by atoms with Gasteiger partial charge in [0.25, 0.3) is 5.91 Å². The van der Waals surface area contributed by atoms with Gasteiger partial charge in [-0.3, -0.25) is 4.79 Å². The van der Waals surface area contributed by atoms with Gasteiger partial charge in [-0.2, -0.15) is 0 Å². The first-order valence-electron chi connectivity index (χ1n) is 8.08. The van der Waals surface area contributed by atoms with Crippen molar-refractivity contribution in [2.75, 3.05) is 6.79 Å². The number of benzene rings is 2. The van der Waals surface area contributed by atoms with E-state index in [-0.39, 0.29) is 12.7 Å². The number of aryl methyl sites for hydroxylation is 2. The number of fused-ring (bicyclic) bond motifs is 2. The second-order valence-corrected chi connectivity index (χ2v) is 6.06. The standard InChI is InChI=1S/C19H19NO3/c21-19(16-7-6-14-3-1-2-4-15(14)10-16)20-11-13-5-8-17-18(9-13)23-12-22-17/h5-10H,1-4,11-12H2,(H,20,21). The quantitative estimate of drug-likeness (QED) is 0.947. The van der Waals surface area contributed by atoms with Crippen LogP contribution in [0.1, 0.15) is 39.9 Å². The number of nitrogens with one attached hydrogen (secondary N) is 1. The highest BCUT2D eigenvalue weighted by molar-refractivity contribution is 5.94. The van der Waals surface area contributed by atoms with E-state index in [4.69, 9.17) is 9.47 Å². The first kappa shape index (κ1) is 14.1. The Morgan fingerprint density at radius 3 is 2.70 bits per heavy atom. The van der Waals surface area contributed by atoms with Crippen molar-refractivity contribution in [1.29, 1.82) is 0 Å². The van der Waals surface area contributed by atoms with Gasteiger partial charge in [-0.05, 0) is 66.6 Å². The molecule has 0 saturated carbocycles. The number of rotatable bonds is 3. The summed E-state index contributed by atoms with van der Waals surface area (Å²) in [6.45, 7) is 0.743. The van der Waals surface area contributed by atoms with E-state index in [0.717, 1.165) is 35.5 Å². The molecule has 0 aromatic heterocycles. The van der Waals surface area contributed by atoms with Crippen molar-refractivity contribution in [3.63, 3.8) is 0 Å². The third-order valence-corrected chi connectivity index (χ3v) is 4.50. The van der Waals surface area contributed by atoms with Gasteiger partial charge >= 0.3 is 0 Å². The Labute approximate surface area is 135 Å². The van der Waals surface area contributed by atoms with Crippen molar-refractivity contribution in [1.82, 2.24) is 5.32 Å². The molecular weight excluding hydrogens is 290 g/mol. The number of hydrogen-bond acceptors (Lipinski definition) is 3. The maximum absolute atomic E-state index is 12.4. The van der Waals surface area contributed by atoms with Crippen molar-refractivity contribution in [3.8, 4) is 11.5 Å². The van der Waals surface area contributed by atoms with E-state index in [1.165, 1.54) is 24.0 Å². The molecule has 23 heavy (non-hydrogen) atoms. The van der Waals surface area contributed by atoms with Crippen LogP contribution in [0.25, 0.3) is 0 Å². The van der Waals surface area contributed by atoms with Gasteiger partial charge in [-0.15, -0.1) is 0 Å². The predicted molar refractivity (Wildman–Crippen MR) is 86.8 cm³/mol. The van der Waals surface area contributed by atoms with E-state index >= 15 is 0 Å². The first-order chi connectivity index (χ1) is 11.3. The summed E-state index contributed by atoms with van der Waals surface area (Å²) in [5.74, 6) is 1.47. The lowest BCUT2D eigenvalue weighted by Gasteiger charge is -2.16. The monoisotopic (exact) mass is 309 g/mol. The minimum atomic E-state index is -0.0314. The van der Waals surface area contributed by atoms with E-state index < -0.39 is 0 Å². The number of ether oxygens (including phenoxy) is 2. The van der Waals surface area contributed by atoms with Crippen molar-refractivity contribution in [3.05, 3.63) is 58.7 Å². The third kappa shape index (κ3) is 2.89. The molecule has 2 aromatic carbocycles. The highest BCUT2D eigenvalue weighted by atomic mass is 16.7. The van der Waals surface area contributed by atoms with E-state index in [0.29, 0.717) is 6.54 Å². The third-order valence-electron chi connectivity index (χ3n) is 4.50. The van der Waals surface area contributed by atoms with Crippen molar-refractivity contribution in [2.45, 2.75) is 32.2 Å². The maximum atomic E-state index is 12.4. The second-order valence-electron chi connectivity index (χ2n) is 6.06. The van der Waals surface area contributed by atoms with E-state index in [1.54, 1.807) is 0 Å². The molecule has 1 aliphatic carbocycles. The minimum absolute atomic E-state index is 0.0314. The van der Waals surface area contributed by atoms with Crippen LogP contribution in [0, 0.1) is 0 Å². The van der Waals surface area contributed by atoms with E-state index in [2.05, 4.69) is 11.4 Å². The van der Waals surface area contributed by atoms with Crippen molar-refractivity contribution in [2.24, 2.45) is 0 Å². The molecule has 0 saturated heterocycles. The van der Waals surface area contributed by atoms with Crippen LogP contribution in [0.2, 0.25) is 0 Å². The molecule has 0 radical (unpaired) electrons. The number of amides is 1. The predicted octanol–water partition coefficient (Wildman–Crippen LogP) is 3.22. The Balaban J connectivity index is 1.44. The van der Waals surface area contributed by atoms with Crippen LogP contribution in [0.3, 0.4) is 0 Å². The summed E-state index contributed by atoms with van der Waals surface area (Å²) < 4.78 is 10.6. The molecule has 1 aliphatic heterocycles. The molecule has 1 N–H and O–H groups in total. The highest BCUT2D eigenvalue weighted by Crippen LogP contribution is 2.32. The smallest absolute Gasteiger partial charge is 0.251 e. The van der Waals surface area contributed by atoms with Crippen LogP contribution in [-0.4, -0.2) is 12.7 Å². The normalized spacial score (nSPS) is 15.1. The summed E-state index contributed by atoms with van der Waals surface area (Å²) in [4.78, 5) is 12.4. The highest BCUT2D eigenvalue weighted by Gasteiger charge is 2.15. The molecule has 1 amide bonds. The average Bonchev–Trinajstić information content (AvgIpc) is 3.07. The minimum Gasteiger partial charge on any atom is -0.454 e. The Hall–Kier alpha value is -2.49. The SMILES string of the molecule is O=C(NCc1ccc2c(c1)OCO2)c1ccc2c(c1)CCCC2. The van der Waals surface area contributed by atoms with Crippen LogP contribution in [-0.2, 0) is 19.4 Å². The largest absolute Gasteiger partial charge is 0.454 e. The van der Waals surface area contributed by atoms with Gasteiger partial charge < -0.3 is 14.8 Å². The number of carbonyl (C=O) groups is 1. The lowest BCUT2D eigenvalue weighted by atomic mass is 9.90. The molecule has 0 bridgehead atoms. The van der Waals surface area contributed by atoms with Crippen LogP contribution < -0.4 is 14.8 Å².